The third-order valence-corrected chi connectivity index (χ3v) is 4.20. The smallest absolute Gasteiger partial charge is 0.336 e. The van der Waals surface area contributed by atoms with E-state index in [1.807, 2.05) is 18.3 Å². The van der Waals surface area contributed by atoms with Crippen molar-refractivity contribution in [3.8, 4) is 5.75 Å². The van der Waals surface area contributed by atoms with Gasteiger partial charge in [0.25, 0.3) is 0 Å². The summed E-state index contributed by atoms with van der Waals surface area (Å²) >= 11 is 0. The van der Waals surface area contributed by atoms with Crippen LogP contribution in [0.25, 0.3) is 11.0 Å². The number of nitrogens with two attached hydrogens (primary N) is 1. The van der Waals surface area contributed by atoms with Gasteiger partial charge in [0.2, 0.25) is 0 Å². The Morgan fingerprint density at radius 2 is 1.92 bits per heavy atom. The van der Waals surface area contributed by atoms with E-state index >= 15 is 0 Å². The molecule has 0 bridgehead atoms. The molecule has 0 fully saturated rings. The first-order valence-corrected chi connectivity index (χ1v) is 7.87. The van der Waals surface area contributed by atoms with Gasteiger partial charge in [0.15, 0.2) is 11.6 Å². The minimum atomic E-state index is -0.865. The number of hydrogen-bond acceptors (Lipinski definition) is 3. The molecule has 4 nitrogen and oxygen atoms in total. The highest BCUT2D eigenvalue weighted by atomic mass is 19.2. The number of rotatable bonds is 5. The van der Waals surface area contributed by atoms with Gasteiger partial charge in [-0.1, -0.05) is 0 Å². The van der Waals surface area contributed by atoms with Gasteiger partial charge in [-0.2, -0.15) is 0 Å². The van der Waals surface area contributed by atoms with Crippen LogP contribution in [0.3, 0.4) is 0 Å². The van der Waals surface area contributed by atoms with Gasteiger partial charge in [0, 0.05) is 28.6 Å². The second kappa shape index (κ2) is 7.03. The molecule has 3 rings (SSSR count). The molecule has 1 atom stereocenters. The molecule has 0 aliphatic heterocycles. The topological polar surface area (TPSA) is 56.0 Å². The summed E-state index contributed by atoms with van der Waals surface area (Å²) in [7, 11) is 1.54. The van der Waals surface area contributed by atoms with E-state index in [0.29, 0.717) is 23.4 Å². The SMILES string of the molecule is COc1ccc2c(C[NH2+][C@H](C)c3ccc(F)c(F)c3)cc(=O)oc2c1. The lowest BCUT2D eigenvalue weighted by atomic mass is 10.1. The number of ether oxygens (including phenoxy) is 1. The number of fused-ring (bicyclic) bond motifs is 1. The van der Waals surface area contributed by atoms with Crippen molar-refractivity contribution in [1.29, 1.82) is 0 Å². The van der Waals surface area contributed by atoms with Crippen LogP contribution in [0.1, 0.15) is 24.1 Å². The summed E-state index contributed by atoms with van der Waals surface area (Å²) in [6.45, 7) is 2.39. The van der Waals surface area contributed by atoms with E-state index in [1.54, 1.807) is 25.3 Å². The van der Waals surface area contributed by atoms with Gasteiger partial charge in [-0.3, -0.25) is 0 Å². The largest absolute Gasteiger partial charge is 0.497 e. The van der Waals surface area contributed by atoms with Crippen LogP contribution in [0.5, 0.6) is 5.75 Å². The van der Waals surface area contributed by atoms with Crippen LogP contribution < -0.4 is 15.7 Å². The van der Waals surface area contributed by atoms with Crippen molar-refractivity contribution in [3.05, 3.63) is 75.6 Å². The van der Waals surface area contributed by atoms with Crippen molar-refractivity contribution in [3.63, 3.8) is 0 Å². The summed E-state index contributed by atoms with van der Waals surface area (Å²) < 4.78 is 36.8. The zero-order chi connectivity index (χ0) is 18.0. The molecule has 0 saturated heterocycles. The van der Waals surface area contributed by atoms with E-state index in [0.717, 1.165) is 17.0 Å². The van der Waals surface area contributed by atoms with Crippen molar-refractivity contribution in [2.75, 3.05) is 7.11 Å². The van der Waals surface area contributed by atoms with Gasteiger partial charge in [-0.05, 0) is 37.3 Å². The molecule has 0 spiro atoms. The van der Waals surface area contributed by atoms with Crippen LogP contribution in [0.15, 0.2) is 51.7 Å². The minimum Gasteiger partial charge on any atom is -0.497 e. The molecule has 1 heterocycles. The second-order valence-corrected chi connectivity index (χ2v) is 5.85. The Labute approximate surface area is 143 Å². The number of hydrogen-bond donors (Lipinski definition) is 1. The van der Waals surface area contributed by atoms with E-state index in [9.17, 15) is 13.6 Å². The van der Waals surface area contributed by atoms with Crippen molar-refractivity contribution >= 4 is 11.0 Å². The predicted octanol–water partition coefficient (Wildman–Crippen LogP) is 2.90. The lowest BCUT2D eigenvalue weighted by Gasteiger charge is -2.12. The molecule has 6 heteroatoms. The van der Waals surface area contributed by atoms with E-state index in [4.69, 9.17) is 9.15 Å². The fourth-order valence-corrected chi connectivity index (χ4v) is 2.74. The van der Waals surface area contributed by atoms with Crippen molar-refractivity contribution < 1.29 is 23.3 Å². The van der Waals surface area contributed by atoms with Crippen molar-refractivity contribution in [1.82, 2.24) is 0 Å². The maximum absolute atomic E-state index is 13.4. The molecule has 2 aromatic carbocycles. The molecule has 0 saturated carbocycles. The lowest BCUT2D eigenvalue weighted by Crippen LogP contribution is -2.83. The van der Waals surface area contributed by atoms with Gasteiger partial charge in [-0.25, -0.2) is 13.6 Å². The molecular weight excluding hydrogens is 328 g/mol. The molecule has 0 aliphatic rings. The Morgan fingerprint density at radius 3 is 2.64 bits per heavy atom. The maximum Gasteiger partial charge on any atom is 0.336 e. The maximum atomic E-state index is 13.4. The second-order valence-electron chi connectivity index (χ2n) is 5.85. The van der Waals surface area contributed by atoms with E-state index < -0.39 is 17.3 Å². The first kappa shape index (κ1) is 17.1. The quantitative estimate of drug-likeness (QED) is 0.723. The number of benzene rings is 2. The van der Waals surface area contributed by atoms with Gasteiger partial charge in [-0.15, -0.1) is 0 Å². The van der Waals surface area contributed by atoms with Crippen molar-refractivity contribution in [2.45, 2.75) is 19.5 Å². The first-order valence-electron chi connectivity index (χ1n) is 7.87. The fourth-order valence-electron chi connectivity index (χ4n) is 2.74. The molecule has 25 heavy (non-hydrogen) atoms. The Kier molecular flexibility index (Phi) is 4.81. The van der Waals surface area contributed by atoms with Gasteiger partial charge >= 0.3 is 5.63 Å². The van der Waals surface area contributed by atoms with Gasteiger partial charge < -0.3 is 14.5 Å². The summed E-state index contributed by atoms with van der Waals surface area (Å²) in [5, 5.41) is 2.76. The Bertz CT molecular complexity index is 969. The molecule has 0 unspecified atom stereocenters. The number of methoxy groups -OCH3 is 1. The Morgan fingerprint density at radius 1 is 1.12 bits per heavy atom. The number of halogens is 2. The van der Waals surface area contributed by atoms with Crippen LogP contribution in [0.2, 0.25) is 0 Å². The van der Waals surface area contributed by atoms with Gasteiger partial charge in [0.05, 0.1) is 7.11 Å². The highest BCUT2D eigenvalue weighted by Crippen LogP contribution is 2.22. The van der Waals surface area contributed by atoms with Gasteiger partial charge in [0.1, 0.15) is 23.9 Å². The molecule has 130 valence electrons. The molecule has 0 amide bonds. The van der Waals surface area contributed by atoms with E-state index in [-0.39, 0.29) is 6.04 Å². The molecule has 1 aromatic heterocycles. The van der Waals surface area contributed by atoms with Crippen LogP contribution >= 0.6 is 0 Å². The Balaban J connectivity index is 1.85. The molecule has 2 N–H and O–H groups in total. The summed E-state index contributed by atoms with van der Waals surface area (Å²) in [6, 6.07) is 10.5. The first-order chi connectivity index (χ1) is 12.0. The monoisotopic (exact) mass is 346 g/mol. The highest BCUT2D eigenvalue weighted by Gasteiger charge is 2.14. The third kappa shape index (κ3) is 3.69. The molecular formula is C19H18F2NO3+. The summed E-state index contributed by atoms with van der Waals surface area (Å²) in [5.74, 6) is -1.13. The van der Waals surface area contributed by atoms with E-state index in [1.165, 1.54) is 12.1 Å². The lowest BCUT2D eigenvalue weighted by molar-refractivity contribution is -0.707. The van der Waals surface area contributed by atoms with Crippen LogP contribution in [-0.4, -0.2) is 7.11 Å². The fraction of sp³-hybridized carbons (Fsp3) is 0.211. The van der Waals surface area contributed by atoms with E-state index in [2.05, 4.69) is 0 Å². The normalized spacial score (nSPS) is 12.3. The van der Waals surface area contributed by atoms with Crippen LogP contribution in [-0.2, 0) is 6.54 Å². The zero-order valence-electron chi connectivity index (χ0n) is 13.9. The molecule has 0 aliphatic carbocycles. The highest BCUT2D eigenvalue weighted by molar-refractivity contribution is 5.81. The Hall–Kier alpha value is -2.73. The predicted molar refractivity (Wildman–Crippen MR) is 89.4 cm³/mol. The summed E-state index contributed by atoms with van der Waals surface area (Å²) in [4.78, 5) is 11.8. The summed E-state index contributed by atoms with van der Waals surface area (Å²) in [5.41, 5.74) is 1.50. The average Bonchev–Trinajstić information content (AvgIpc) is 2.60. The average molecular weight is 346 g/mol. The summed E-state index contributed by atoms with van der Waals surface area (Å²) in [6.07, 6.45) is 0. The number of quaternary nitrogens is 1. The minimum absolute atomic E-state index is 0.101. The third-order valence-electron chi connectivity index (χ3n) is 4.20. The zero-order valence-corrected chi connectivity index (χ0v) is 13.9. The molecule has 0 radical (unpaired) electrons. The van der Waals surface area contributed by atoms with Crippen LogP contribution in [0.4, 0.5) is 8.78 Å². The standard InChI is InChI=1S/C19H17F2NO3/c1-11(12-3-6-16(20)17(21)7-12)22-10-13-8-19(23)25-18-9-14(24-2)4-5-15(13)18/h3-9,11,22H,10H2,1-2H3/p+1/t11-/m1/s1. The van der Waals surface area contributed by atoms with Crippen LogP contribution in [0, 0.1) is 11.6 Å². The van der Waals surface area contributed by atoms with Crippen molar-refractivity contribution in [2.24, 2.45) is 0 Å². The molecule has 3 aromatic rings.